The number of aliphatic carboxylic acids is 1. The first-order valence-electron chi connectivity index (χ1n) is 11.3. The van der Waals surface area contributed by atoms with Gasteiger partial charge in [-0.05, 0) is 47.7 Å². The normalized spacial score (nSPS) is 12.5. The minimum absolute atomic E-state index is 0.0233. The maximum Gasteiger partial charge on any atom is 0.417 e. The van der Waals surface area contributed by atoms with E-state index in [4.69, 9.17) is 9.63 Å². The Balaban J connectivity index is 1.58. The lowest BCUT2D eigenvalue weighted by Crippen LogP contribution is -2.35. The van der Waals surface area contributed by atoms with Crippen LogP contribution in [-0.4, -0.2) is 27.3 Å². The Morgan fingerprint density at radius 2 is 1.72 bits per heavy atom. The molecule has 3 aromatic carbocycles. The molecule has 2 N–H and O–H groups in total. The van der Waals surface area contributed by atoms with Crippen LogP contribution in [0.4, 0.5) is 13.2 Å². The van der Waals surface area contributed by atoms with Gasteiger partial charge >= 0.3 is 12.1 Å². The highest BCUT2D eigenvalue weighted by molar-refractivity contribution is 5.75. The predicted octanol–water partition coefficient (Wildman–Crippen LogP) is 6.35. The summed E-state index contributed by atoms with van der Waals surface area (Å²) in [5.41, 5.74) is 2.20. The van der Waals surface area contributed by atoms with Gasteiger partial charge in [-0.25, -0.2) is 0 Å². The topological polar surface area (TPSA) is 88.3 Å². The van der Waals surface area contributed by atoms with Gasteiger partial charge in [-0.1, -0.05) is 66.7 Å². The first-order valence-corrected chi connectivity index (χ1v) is 11.3. The molecule has 0 saturated heterocycles. The molecule has 0 fully saturated rings. The molecule has 1 atom stereocenters. The SMILES string of the molecule is CCC(NCc1ccc(-c2noc(-c3ccc(-c4ccccc4C)c(C(F)(F)F)c3)n2)cc1)C(=O)O. The van der Waals surface area contributed by atoms with Gasteiger partial charge in [0.1, 0.15) is 6.04 Å². The lowest BCUT2D eigenvalue weighted by Gasteiger charge is -2.15. The molecule has 36 heavy (non-hydrogen) atoms. The highest BCUT2D eigenvalue weighted by Crippen LogP contribution is 2.40. The molecule has 0 radical (unpaired) electrons. The second kappa shape index (κ2) is 10.3. The van der Waals surface area contributed by atoms with Crippen LogP contribution >= 0.6 is 0 Å². The summed E-state index contributed by atoms with van der Waals surface area (Å²) in [4.78, 5) is 15.4. The molecular weight excluding hydrogens is 471 g/mol. The molecule has 1 heterocycles. The maximum absolute atomic E-state index is 13.9. The lowest BCUT2D eigenvalue weighted by molar-refractivity contribution is -0.139. The molecule has 186 valence electrons. The summed E-state index contributed by atoms with van der Waals surface area (Å²) in [5.74, 6) is -0.697. The third-order valence-electron chi connectivity index (χ3n) is 5.90. The van der Waals surface area contributed by atoms with Gasteiger partial charge in [-0.15, -0.1) is 0 Å². The lowest BCUT2D eigenvalue weighted by atomic mass is 9.94. The van der Waals surface area contributed by atoms with Gasteiger partial charge in [-0.2, -0.15) is 18.2 Å². The summed E-state index contributed by atoms with van der Waals surface area (Å²) < 4.78 is 47.1. The Labute approximate surface area is 205 Å². The zero-order valence-corrected chi connectivity index (χ0v) is 19.6. The van der Waals surface area contributed by atoms with Crippen molar-refractivity contribution >= 4 is 5.97 Å². The summed E-state index contributed by atoms with van der Waals surface area (Å²) in [6.45, 7) is 3.93. The van der Waals surface area contributed by atoms with Crippen molar-refractivity contribution in [1.29, 1.82) is 0 Å². The molecule has 0 aliphatic rings. The van der Waals surface area contributed by atoms with Gasteiger partial charge in [0, 0.05) is 17.7 Å². The fourth-order valence-corrected chi connectivity index (χ4v) is 3.90. The molecule has 1 unspecified atom stereocenters. The monoisotopic (exact) mass is 495 g/mol. The van der Waals surface area contributed by atoms with E-state index >= 15 is 0 Å². The average Bonchev–Trinajstić information content (AvgIpc) is 3.34. The van der Waals surface area contributed by atoms with Crippen LogP contribution in [0.15, 0.2) is 71.3 Å². The number of alkyl halides is 3. The summed E-state index contributed by atoms with van der Waals surface area (Å²) in [6.07, 6.45) is -4.11. The van der Waals surface area contributed by atoms with Crippen LogP contribution in [0.2, 0.25) is 0 Å². The van der Waals surface area contributed by atoms with Crippen molar-refractivity contribution in [3.05, 3.63) is 83.4 Å². The first kappa shape index (κ1) is 25.1. The second-order valence-electron chi connectivity index (χ2n) is 8.37. The number of aryl methyl sites for hydroxylation is 1. The van der Waals surface area contributed by atoms with Crippen LogP contribution in [0, 0.1) is 6.92 Å². The van der Waals surface area contributed by atoms with E-state index in [-0.39, 0.29) is 22.8 Å². The van der Waals surface area contributed by atoms with E-state index < -0.39 is 23.8 Å². The Morgan fingerprint density at radius 3 is 2.36 bits per heavy atom. The number of aromatic nitrogens is 2. The Kier molecular flexibility index (Phi) is 7.21. The van der Waals surface area contributed by atoms with Gasteiger partial charge in [0.05, 0.1) is 5.56 Å². The van der Waals surface area contributed by atoms with Gasteiger partial charge < -0.3 is 14.9 Å². The molecule has 0 saturated carbocycles. The van der Waals surface area contributed by atoms with Crippen molar-refractivity contribution in [2.24, 2.45) is 0 Å². The molecule has 6 nitrogen and oxygen atoms in total. The van der Waals surface area contributed by atoms with E-state index in [9.17, 15) is 18.0 Å². The van der Waals surface area contributed by atoms with Gasteiger partial charge in [0.25, 0.3) is 5.89 Å². The molecule has 9 heteroatoms. The van der Waals surface area contributed by atoms with Crippen molar-refractivity contribution in [3.63, 3.8) is 0 Å². The van der Waals surface area contributed by atoms with Crippen LogP contribution in [0.25, 0.3) is 34.0 Å². The van der Waals surface area contributed by atoms with Crippen molar-refractivity contribution in [2.75, 3.05) is 0 Å². The zero-order chi connectivity index (χ0) is 25.9. The number of carbonyl (C=O) groups is 1. The van der Waals surface area contributed by atoms with Crippen molar-refractivity contribution in [3.8, 4) is 34.0 Å². The Hall–Kier alpha value is -3.98. The number of nitrogens with one attached hydrogen (secondary N) is 1. The number of nitrogens with zero attached hydrogens (tertiary/aromatic N) is 2. The fraction of sp³-hybridized carbons (Fsp3) is 0.222. The Morgan fingerprint density at radius 1 is 1.03 bits per heavy atom. The van der Waals surface area contributed by atoms with E-state index in [1.54, 1.807) is 62.4 Å². The van der Waals surface area contributed by atoms with Gasteiger partial charge in [0.15, 0.2) is 0 Å². The third kappa shape index (κ3) is 5.46. The standard InChI is InChI=1S/C27H24F3N3O3/c1-3-23(26(34)35)31-15-17-8-10-18(11-9-17)24-32-25(36-33-24)19-12-13-21(22(14-19)27(28,29)30)20-7-5-4-6-16(20)2/h4-14,23,31H,3,15H2,1-2H3,(H,34,35). The Bertz CT molecular complexity index is 1360. The summed E-state index contributed by atoms with van der Waals surface area (Å²) in [7, 11) is 0. The number of rotatable bonds is 8. The predicted molar refractivity (Wildman–Crippen MR) is 129 cm³/mol. The quantitative estimate of drug-likeness (QED) is 0.296. The number of hydrogen-bond acceptors (Lipinski definition) is 5. The average molecular weight is 496 g/mol. The molecule has 4 aromatic rings. The van der Waals surface area contributed by atoms with E-state index in [1.165, 1.54) is 12.1 Å². The molecule has 0 bridgehead atoms. The van der Waals surface area contributed by atoms with Crippen molar-refractivity contribution in [1.82, 2.24) is 15.5 Å². The molecule has 0 spiro atoms. The summed E-state index contributed by atoms with van der Waals surface area (Å²) >= 11 is 0. The molecular formula is C27H24F3N3O3. The largest absolute Gasteiger partial charge is 0.480 e. The number of benzene rings is 3. The number of hydrogen-bond donors (Lipinski definition) is 2. The van der Waals surface area contributed by atoms with Crippen molar-refractivity contribution < 1.29 is 27.6 Å². The van der Waals surface area contributed by atoms with Crippen molar-refractivity contribution in [2.45, 2.75) is 39.0 Å². The molecule has 1 aromatic heterocycles. The molecule has 0 aliphatic heterocycles. The van der Waals surface area contributed by atoms with E-state index in [0.717, 1.165) is 17.2 Å². The van der Waals surface area contributed by atoms with Crippen LogP contribution in [0.5, 0.6) is 0 Å². The summed E-state index contributed by atoms with van der Waals surface area (Å²) in [5, 5.41) is 16.0. The number of carboxylic acid groups (broad SMARTS) is 1. The van der Waals surface area contributed by atoms with Gasteiger partial charge in [-0.3, -0.25) is 4.79 Å². The minimum atomic E-state index is -4.57. The van der Waals surface area contributed by atoms with E-state index in [2.05, 4.69) is 15.5 Å². The highest BCUT2D eigenvalue weighted by Gasteiger charge is 2.34. The molecule has 0 aliphatic carbocycles. The van der Waals surface area contributed by atoms with E-state index in [1.807, 2.05) is 0 Å². The first-order chi connectivity index (χ1) is 17.2. The molecule has 0 amide bonds. The third-order valence-corrected chi connectivity index (χ3v) is 5.90. The van der Waals surface area contributed by atoms with Crippen LogP contribution in [0.1, 0.15) is 30.0 Å². The van der Waals surface area contributed by atoms with E-state index in [0.29, 0.717) is 24.1 Å². The molecule has 4 rings (SSSR count). The smallest absolute Gasteiger partial charge is 0.417 e. The van der Waals surface area contributed by atoms with Crippen LogP contribution in [0.3, 0.4) is 0 Å². The number of halogens is 3. The minimum Gasteiger partial charge on any atom is -0.480 e. The summed E-state index contributed by atoms with van der Waals surface area (Å²) in [6, 6.07) is 17.4. The van der Waals surface area contributed by atoms with Crippen LogP contribution in [-0.2, 0) is 17.5 Å². The maximum atomic E-state index is 13.9. The van der Waals surface area contributed by atoms with Gasteiger partial charge in [0.2, 0.25) is 5.82 Å². The van der Waals surface area contributed by atoms with Crippen LogP contribution < -0.4 is 5.32 Å². The number of carboxylic acids is 1. The second-order valence-corrected chi connectivity index (χ2v) is 8.37. The fourth-order valence-electron chi connectivity index (χ4n) is 3.90. The zero-order valence-electron chi connectivity index (χ0n) is 19.6. The highest BCUT2D eigenvalue weighted by atomic mass is 19.4.